The van der Waals surface area contributed by atoms with E-state index in [0.29, 0.717) is 5.56 Å². The molecule has 0 aliphatic heterocycles. The first-order valence-corrected chi connectivity index (χ1v) is 9.76. The van der Waals surface area contributed by atoms with E-state index in [-0.39, 0.29) is 11.0 Å². The van der Waals surface area contributed by atoms with Gasteiger partial charge in [0.2, 0.25) is 3.79 Å². The second-order valence-corrected chi connectivity index (χ2v) is 9.06. The molecule has 2 aromatic carbocycles. The van der Waals surface area contributed by atoms with Gasteiger partial charge < -0.3 is 16.0 Å². The molecule has 2 aromatic rings. The molecule has 0 heterocycles. The van der Waals surface area contributed by atoms with Gasteiger partial charge in [0.05, 0.1) is 0 Å². The minimum Gasteiger partial charge on any atom is -0.339 e. The highest BCUT2D eigenvalue weighted by Gasteiger charge is 2.35. The smallest absolute Gasteiger partial charge is 0.253 e. The van der Waals surface area contributed by atoms with Crippen LogP contribution in [0.1, 0.15) is 15.9 Å². The fraction of sp³-hybridized carbons (Fsp3) is 0.176. The van der Waals surface area contributed by atoms with Crippen LogP contribution in [-0.2, 0) is 0 Å². The molecule has 9 heteroatoms. The Kier molecular flexibility index (Phi) is 7.55. The summed E-state index contributed by atoms with van der Waals surface area (Å²) in [7, 11) is 0. The molecule has 0 bridgehead atoms. The number of benzene rings is 2. The predicted octanol–water partition coefficient (Wildman–Crippen LogP) is 5.17. The Morgan fingerprint density at radius 1 is 1.08 bits per heavy atom. The Morgan fingerprint density at radius 3 is 2.27 bits per heavy atom. The summed E-state index contributed by atoms with van der Waals surface area (Å²) in [4.78, 5) is 12.5. The minimum absolute atomic E-state index is 0.203. The number of carbonyl (C=O) groups excluding carboxylic acids is 1. The lowest BCUT2D eigenvalue weighted by atomic mass is 10.1. The van der Waals surface area contributed by atoms with Gasteiger partial charge in [-0.05, 0) is 55.0 Å². The van der Waals surface area contributed by atoms with Crippen LogP contribution in [0, 0.1) is 6.92 Å². The topological polar surface area (TPSA) is 53.2 Å². The number of thiocarbonyl (C=S) groups is 1. The molecule has 3 N–H and O–H groups in total. The SMILES string of the molecule is Cc1ccccc1C(=O)N[C@@H](NC(=S)Nc1ccc(Br)cc1)C(Cl)(Cl)Cl. The molecule has 0 unspecified atom stereocenters. The van der Waals surface area contributed by atoms with Crippen LogP contribution in [0.2, 0.25) is 0 Å². The summed E-state index contributed by atoms with van der Waals surface area (Å²) >= 11 is 26.6. The molecule has 0 aromatic heterocycles. The largest absolute Gasteiger partial charge is 0.339 e. The number of hydrogen-bond acceptors (Lipinski definition) is 2. The Labute approximate surface area is 180 Å². The van der Waals surface area contributed by atoms with E-state index >= 15 is 0 Å². The van der Waals surface area contributed by atoms with Crippen LogP contribution in [0.15, 0.2) is 53.0 Å². The summed E-state index contributed by atoms with van der Waals surface area (Å²) in [5.74, 6) is -0.377. The Balaban J connectivity index is 2.07. The zero-order chi connectivity index (χ0) is 19.3. The first-order valence-electron chi connectivity index (χ1n) is 7.43. The Morgan fingerprint density at radius 2 is 1.69 bits per heavy atom. The quantitative estimate of drug-likeness (QED) is 0.311. The van der Waals surface area contributed by atoms with Crippen molar-refractivity contribution >= 4 is 79.7 Å². The fourth-order valence-electron chi connectivity index (χ4n) is 2.07. The van der Waals surface area contributed by atoms with Crippen molar-refractivity contribution in [2.24, 2.45) is 0 Å². The second-order valence-electron chi connectivity index (χ2n) is 5.37. The normalized spacial score (nSPS) is 12.2. The fourth-order valence-corrected chi connectivity index (χ4v) is 2.90. The van der Waals surface area contributed by atoms with Crippen LogP contribution in [0.3, 0.4) is 0 Å². The van der Waals surface area contributed by atoms with Crippen molar-refractivity contribution in [3.63, 3.8) is 0 Å². The van der Waals surface area contributed by atoms with Gasteiger partial charge >= 0.3 is 0 Å². The van der Waals surface area contributed by atoms with Crippen LogP contribution in [0.5, 0.6) is 0 Å². The number of nitrogens with one attached hydrogen (secondary N) is 3. The summed E-state index contributed by atoms with van der Waals surface area (Å²) in [6, 6.07) is 14.5. The highest BCUT2D eigenvalue weighted by molar-refractivity contribution is 9.10. The molecule has 0 fully saturated rings. The lowest BCUT2D eigenvalue weighted by Gasteiger charge is -2.28. The maximum absolute atomic E-state index is 12.5. The number of aryl methyl sites for hydroxylation is 1. The second kappa shape index (κ2) is 9.24. The first kappa shape index (κ1) is 21.3. The number of carbonyl (C=O) groups is 1. The number of rotatable bonds is 4. The van der Waals surface area contributed by atoms with Gasteiger partial charge in [-0.3, -0.25) is 4.79 Å². The third kappa shape index (κ3) is 6.28. The molecule has 0 spiro atoms. The third-order valence-corrected chi connectivity index (χ3v) is 4.77. The van der Waals surface area contributed by atoms with Crippen molar-refractivity contribution in [1.29, 1.82) is 0 Å². The third-order valence-electron chi connectivity index (χ3n) is 3.37. The molecule has 0 aliphatic rings. The summed E-state index contributed by atoms with van der Waals surface area (Å²) in [6.07, 6.45) is -1.03. The first-order chi connectivity index (χ1) is 12.2. The highest BCUT2D eigenvalue weighted by atomic mass is 79.9. The summed E-state index contributed by atoms with van der Waals surface area (Å²) < 4.78 is -0.879. The number of anilines is 1. The van der Waals surface area contributed by atoms with Gasteiger partial charge in [-0.25, -0.2) is 0 Å². The van der Waals surface area contributed by atoms with E-state index in [4.69, 9.17) is 47.0 Å². The van der Waals surface area contributed by atoms with Gasteiger partial charge in [-0.2, -0.15) is 0 Å². The molecule has 0 saturated carbocycles. The number of hydrogen-bond donors (Lipinski definition) is 3. The maximum atomic E-state index is 12.5. The summed E-state index contributed by atoms with van der Waals surface area (Å²) in [5.41, 5.74) is 2.04. The Hall–Kier alpha value is -1.05. The standard InChI is InChI=1S/C17H15BrCl3N3OS/c1-10-4-2-3-5-13(10)14(25)23-15(17(19,20)21)24-16(26)22-12-8-6-11(18)7-9-12/h2-9,15H,1H3,(H,23,25)(H2,22,24,26)/t15-/m0/s1. The molecule has 0 saturated heterocycles. The average molecular weight is 496 g/mol. The maximum Gasteiger partial charge on any atom is 0.253 e. The molecule has 2 rings (SSSR count). The number of halogens is 4. The van der Waals surface area contributed by atoms with Crippen LogP contribution in [0.4, 0.5) is 5.69 Å². The van der Waals surface area contributed by atoms with Crippen molar-refractivity contribution < 1.29 is 4.79 Å². The molecule has 0 aliphatic carbocycles. The van der Waals surface area contributed by atoms with Crippen molar-refractivity contribution in [3.05, 3.63) is 64.1 Å². The van der Waals surface area contributed by atoms with E-state index in [1.165, 1.54) is 0 Å². The molecule has 1 atom stereocenters. The minimum atomic E-state index is -1.82. The van der Waals surface area contributed by atoms with E-state index in [9.17, 15) is 4.79 Å². The highest BCUT2D eigenvalue weighted by Crippen LogP contribution is 2.29. The molecule has 4 nitrogen and oxygen atoms in total. The number of alkyl halides is 3. The van der Waals surface area contributed by atoms with Gasteiger partial charge in [0.15, 0.2) is 5.11 Å². The van der Waals surface area contributed by atoms with Crippen molar-refractivity contribution in [2.45, 2.75) is 16.9 Å². The monoisotopic (exact) mass is 493 g/mol. The van der Waals surface area contributed by atoms with Gasteiger partial charge in [0.25, 0.3) is 5.91 Å². The van der Waals surface area contributed by atoms with Gasteiger partial charge in [0, 0.05) is 15.7 Å². The Bertz CT molecular complexity index is 797. The van der Waals surface area contributed by atoms with Crippen molar-refractivity contribution in [3.8, 4) is 0 Å². The van der Waals surface area contributed by atoms with E-state index in [0.717, 1.165) is 15.7 Å². The van der Waals surface area contributed by atoms with Gasteiger partial charge in [-0.1, -0.05) is 68.9 Å². The molecular weight excluding hydrogens is 481 g/mol. The average Bonchev–Trinajstić information content (AvgIpc) is 2.56. The van der Waals surface area contributed by atoms with E-state index < -0.39 is 9.96 Å². The molecule has 138 valence electrons. The van der Waals surface area contributed by atoms with Gasteiger partial charge in [-0.15, -0.1) is 0 Å². The summed E-state index contributed by atoms with van der Waals surface area (Å²) in [5, 5.41) is 8.65. The van der Waals surface area contributed by atoms with Crippen LogP contribution < -0.4 is 16.0 Å². The lowest BCUT2D eigenvalue weighted by Crippen LogP contribution is -2.56. The van der Waals surface area contributed by atoms with E-state index in [1.54, 1.807) is 12.1 Å². The van der Waals surface area contributed by atoms with Crippen molar-refractivity contribution in [2.75, 3.05) is 5.32 Å². The van der Waals surface area contributed by atoms with Gasteiger partial charge in [0.1, 0.15) is 6.17 Å². The van der Waals surface area contributed by atoms with Crippen LogP contribution >= 0.6 is 63.0 Å². The molecule has 0 radical (unpaired) electrons. The number of amides is 1. The lowest BCUT2D eigenvalue weighted by molar-refractivity contribution is 0.0934. The van der Waals surface area contributed by atoms with Crippen LogP contribution in [-0.4, -0.2) is 21.0 Å². The molecule has 1 amide bonds. The van der Waals surface area contributed by atoms with Crippen molar-refractivity contribution in [1.82, 2.24) is 10.6 Å². The zero-order valence-corrected chi connectivity index (χ0v) is 18.2. The van der Waals surface area contributed by atoms with E-state index in [1.807, 2.05) is 43.3 Å². The predicted molar refractivity (Wildman–Crippen MR) is 116 cm³/mol. The summed E-state index contributed by atoms with van der Waals surface area (Å²) in [6.45, 7) is 1.83. The van der Waals surface area contributed by atoms with E-state index in [2.05, 4.69) is 31.9 Å². The zero-order valence-electron chi connectivity index (χ0n) is 13.5. The molecule has 26 heavy (non-hydrogen) atoms. The van der Waals surface area contributed by atoms with Crippen LogP contribution in [0.25, 0.3) is 0 Å². The molecular formula is C17H15BrCl3N3OS.